The van der Waals surface area contributed by atoms with Crippen LogP contribution in [0.1, 0.15) is 0 Å². The first-order valence-electron chi connectivity index (χ1n) is 3.62. The van der Waals surface area contributed by atoms with Gasteiger partial charge in [0, 0.05) is 16.1 Å². The number of fused-ring (bicyclic) bond motifs is 1. The summed E-state index contributed by atoms with van der Waals surface area (Å²) in [4.78, 5) is 5.11. The van der Waals surface area contributed by atoms with Gasteiger partial charge in [0.2, 0.25) is 0 Å². The van der Waals surface area contributed by atoms with Gasteiger partial charge in [-0.1, -0.05) is 15.9 Å². The maximum absolute atomic E-state index is 5.11. The van der Waals surface area contributed by atoms with E-state index >= 15 is 0 Å². The highest BCUT2D eigenvalue weighted by Crippen LogP contribution is 2.19. The molecule has 0 saturated carbocycles. The van der Waals surface area contributed by atoms with Crippen molar-refractivity contribution in [1.29, 1.82) is 0 Å². The average Bonchev–Trinajstić information content (AvgIpc) is 2.46. The zero-order valence-electron chi connectivity index (χ0n) is 6.62. The van der Waals surface area contributed by atoms with Gasteiger partial charge in [0.1, 0.15) is 7.11 Å². The van der Waals surface area contributed by atoms with Crippen molar-refractivity contribution in [3.05, 3.63) is 34.9 Å². The van der Waals surface area contributed by atoms with E-state index in [2.05, 4.69) is 22.0 Å². The Labute approximate surface area is 78.8 Å². The van der Waals surface area contributed by atoms with E-state index in [0.29, 0.717) is 0 Å². The van der Waals surface area contributed by atoms with E-state index in [-0.39, 0.29) is 0 Å². The number of aromatic nitrogens is 1. The molecular formula is C9H8BrNO. The molecule has 0 unspecified atom stereocenters. The molecule has 0 aliphatic carbocycles. The summed E-state index contributed by atoms with van der Waals surface area (Å²) in [6, 6.07) is 8.09. The van der Waals surface area contributed by atoms with Crippen LogP contribution < -0.4 is 4.84 Å². The van der Waals surface area contributed by atoms with Crippen molar-refractivity contribution in [2.75, 3.05) is 7.11 Å². The molecule has 0 fully saturated rings. The number of nitrogens with zero attached hydrogens (tertiary/aromatic N) is 1. The van der Waals surface area contributed by atoms with Gasteiger partial charge in [0.05, 0.1) is 5.52 Å². The van der Waals surface area contributed by atoms with Gasteiger partial charge >= 0.3 is 0 Å². The Balaban J connectivity index is 2.73. The Kier molecular flexibility index (Phi) is 1.81. The summed E-state index contributed by atoms with van der Waals surface area (Å²) in [6.45, 7) is 0. The lowest BCUT2D eigenvalue weighted by atomic mass is 10.3. The first-order chi connectivity index (χ1) is 5.81. The quantitative estimate of drug-likeness (QED) is 0.728. The van der Waals surface area contributed by atoms with E-state index in [1.165, 1.54) is 5.39 Å². The van der Waals surface area contributed by atoms with Crippen LogP contribution in [-0.4, -0.2) is 11.8 Å². The summed E-state index contributed by atoms with van der Waals surface area (Å²) in [7, 11) is 1.65. The van der Waals surface area contributed by atoms with Crippen molar-refractivity contribution >= 4 is 26.8 Å². The molecule has 1 aromatic heterocycles. The molecule has 0 aliphatic heterocycles. The minimum Gasteiger partial charge on any atom is -0.417 e. The van der Waals surface area contributed by atoms with E-state index in [9.17, 15) is 0 Å². The lowest BCUT2D eigenvalue weighted by Crippen LogP contribution is -2.02. The highest BCUT2D eigenvalue weighted by atomic mass is 79.9. The molecule has 2 aromatic rings. The summed E-state index contributed by atoms with van der Waals surface area (Å²) in [5.74, 6) is 0. The van der Waals surface area contributed by atoms with Crippen LogP contribution in [0.2, 0.25) is 0 Å². The number of halogens is 1. The van der Waals surface area contributed by atoms with Gasteiger partial charge in [-0.15, -0.1) is 0 Å². The van der Waals surface area contributed by atoms with E-state index in [0.717, 1.165) is 9.99 Å². The van der Waals surface area contributed by atoms with Crippen LogP contribution in [0.5, 0.6) is 0 Å². The molecule has 0 spiro atoms. The molecule has 0 radical (unpaired) electrons. The molecule has 1 heterocycles. The molecule has 2 nitrogen and oxygen atoms in total. The number of rotatable bonds is 1. The Morgan fingerprint density at radius 2 is 2.17 bits per heavy atom. The standard InChI is InChI=1S/C9H8BrNO/c1-12-11-5-4-7-6-8(10)2-3-9(7)11/h2-6H,1H3. The van der Waals surface area contributed by atoms with Crippen LogP contribution in [0, 0.1) is 0 Å². The lowest BCUT2D eigenvalue weighted by Gasteiger charge is -2.01. The third kappa shape index (κ3) is 1.10. The second kappa shape index (κ2) is 2.83. The molecule has 0 N–H and O–H groups in total. The van der Waals surface area contributed by atoms with Gasteiger partial charge in [0.25, 0.3) is 0 Å². The summed E-state index contributed by atoms with van der Waals surface area (Å²) < 4.78 is 2.82. The highest BCUT2D eigenvalue weighted by molar-refractivity contribution is 9.10. The Bertz CT molecular complexity index is 408. The molecule has 1 aromatic carbocycles. The molecule has 2 rings (SSSR count). The lowest BCUT2D eigenvalue weighted by molar-refractivity contribution is 0.179. The van der Waals surface area contributed by atoms with E-state index in [1.54, 1.807) is 11.8 Å². The molecule has 0 saturated heterocycles. The number of hydrogen-bond acceptors (Lipinski definition) is 1. The first-order valence-corrected chi connectivity index (χ1v) is 4.41. The summed E-state index contributed by atoms with van der Waals surface area (Å²) in [5, 5.41) is 1.17. The summed E-state index contributed by atoms with van der Waals surface area (Å²) >= 11 is 3.41. The SMILES string of the molecule is COn1ccc2cc(Br)ccc21. The smallest absolute Gasteiger partial charge is 0.104 e. The topological polar surface area (TPSA) is 14.2 Å². The fourth-order valence-electron chi connectivity index (χ4n) is 1.25. The zero-order valence-corrected chi connectivity index (χ0v) is 8.21. The molecule has 0 bridgehead atoms. The monoisotopic (exact) mass is 225 g/mol. The van der Waals surface area contributed by atoms with Gasteiger partial charge < -0.3 is 4.84 Å². The van der Waals surface area contributed by atoms with Crippen LogP contribution in [0.4, 0.5) is 0 Å². The molecule has 0 atom stereocenters. The van der Waals surface area contributed by atoms with Crippen LogP contribution in [0.3, 0.4) is 0 Å². The van der Waals surface area contributed by atoms with Gasteiger partial charge in [-0.05, 0) is 24.3 Å². The minimum absolute atomic E-state index is 1.08. The number of benzene rings is 1. The van der Waals surface area contributed by atoms with E-state index < -0.39 is 0 Å². The van der Waals surface area contributed by atoms with Crippen LogP contribution in [0.15, 0.2) is 34.9 Å². The van der Waals surface area contributed by atoms with Crippen LogP contribution >= 0.6 is 15.9 Å². The largest absolute Gasteiger partial charge is 0.417 e. The summed E-state index contributed by atoms with van der Waals surface area (Å²) in [6.07, 6.45) is 1.90. The molecule has 62 valence electrons. The predicted octanol–water partition coefficient (Wildman–Crippen LogP) is 2.46. The molecule has 12 heavy (non-hydrogen) atoms. The van der Waals surface area contributed by atoms with Crippen molar-refractivity contribution in [1.82, 2.24) is 4.73 Å². The summed E-state index contributed by atoms with van der Waals surface area (Å²) in [5.41, 5.74) is 1.08. The fraction of sp³-hybridized carbons (Fsp3) is 0.111. The van der Waals surface area contributed by atoms with Crippen molar-refractivity contribution < 1.29 is 4.84 Å². The van der Waals surface area contributed by atoms with Crippen molar-refractivity contribution in [3.8, 4) is 0 Å². The predicted molar refractivity (Wildman–Crippen MR) is 52.1 cm³/mol. The Hall–Kier alpha value is -0.960. The maximum Gasteiger partial charge on any atom is 0.104 e. The van der Waals surface area contributed by atoms with Crippen LogP contribution in [-0.2, 0) is 0 Å². The third-order valence-corrected chi connectivity index (χ3v) is 2.31. The second-order valence-corrected chi connectivity index (χ2v) is 3.44. The van der Waals surface area contributed by atoms with Gasteiger partial charge in [-0.3, -0.25) is 0 Å². The normalized spacial score (nSPS) is 10.5. The van der Waals surface area contributed by atoms with E-state index in [4.69, 9.17) is 4.84 Å². The Morgan fingerprint density at radius 1 is 1.33 bits per heavy atom. The van der Waals surface area contributed by atoms with Gasteiger partial charge in [-0.25, -0.2) is 0 Å². The zero-order chi connectivity index (χ0) is 8.55. The fourth-order valence-corrected chi connectivity index (χ4v) is 1.63. The van der Waals surface area contributed by atoms with E-state index in [1.807, 2.05) is 24.4 Å². The van der Waals surface area contributed by atoms with Crippen molar-refractivity contribution in [2.24, 2.45) is 0 Å². The number of hydrogen-bond donors (Lipinski definition) is 0. The minimum atomic E-state index is 1.08. The second-order valence-electron chi connectivity index (χ2n) is 2.53. The molecule has 3 heteroatoms. The van der Waals surface area contributed by atoms with Crippen molar-refractivity contribution in [2.45, 2.75) is 0 Å². The Morgan fingerprint density at radius 3 is 2.92 bits per heavy atom. The molecule has 0 aliphatic rings. The third-order valence-electron chi connectivity index (χ3n) is 1.81. The molecular weight excluding hydrogens is 218 g/mol. The van der Waals surface area contributed by atoms with Crippen LogP contribution in [0.25, 0.3) is 10.9 Å². The average molecular weight is 226 g/mol. The van der Waals surface area contributed by atoms with Gasteiger partial charge in [0.15, 0.2) is 0 Å². The molecule has 0 amide bonds. The maximum atomic E-state index is 5.11. The first kappa shape index (κ1) is 7.68. The van der Waals surface area contributed by atoms with Crippen molar-refractivity contribution in [3.63, 3.8) is 0 Å². The highest BCUT2D eigenvalue weighted by Gasteiger charge is 1.99. The van der Waals surface area contributed by atoms with Gasteiger partial charge in [-0.2, -0.15) is 4.73 Å².